The normalized spacial score (nSPS) is 11.7. The number of hydrogen-bond acceptors (Lipinski definition) is 7. The molecule has 2 atom stereocenters. The first-order valence-corrected chi connectivity index (χ1v) is 15.9. The lowest BCUT2D eigenvalue weighted by atomic mass is 10.0. The van der Waals surface area contributed by atoms with Gasteiger partial charge in [-0.1, -0.05) is 50.8 Å². The van der Waals surface area contributed by atoms with Crippen LogP contribution in [-0.4, -0.2) is 23.2 Å². The molecule has 0 aliphatic carbocycles. The summed E-state index contributed by atoms with van der Waals surface area (Å²) in [5, 5.41) is 0.546. The van der Waals surface area contributed by atoms with Gasteiger partial charge >= 0.3 is 0 Å². The van der Waals surface area contributed by atoms with E-state index in [0.29, 0.717) is 35.3 Å². The third-order valence-corrected chi connectivity index (χ3v) is 8.75. The van der Waals surface area contributed by atoms with Crippen LogP contribution in [0, 0.1) is 13.8 Å². The molecule has 0 bridgehead atoms. The van der Waals surface area contributed by atoms with E-state index in [0.717, 1.165) is 51.8 Å². The molecule has 41 heavy (non-hydrogen) atoms. The van der Waals surface area contributed by atoms with Gasteiger partial charge in [-0.15, -0.1) is 0 Å². The molecule has 4 rings (SSSR count). The van der Waals surface area contributed by atoms with E-state index in [1.807, 2.05) is 78.0 Å². The van der Waals surface area contributed by atoms with Gasteiger partial charge in [-0.25, -0.2) is 0 Å². The summed E-state index contributed by atoms with van der Waals surface area (Å²) in [6.07, 6.45) is 3.65. The van der Waals surface area contributed by atoms with Gasteiger partial charge < -0.3 is 25.3 Å². The topological polar surface area (TPSA) is 80.9 Å². The highest BCUT2D eigenvalue weighted by Crippen LogP contribution is 2.41. The molecular weight excluding hydrogens is 590 g/mol. The van der Waals surface area contributed by atoms with Crippen LogP contribution in [0.1, 0.15) is 28.0 Å². The summed E-state index contributed by atoms with van der Waals surface area (Å²) in [6, 6.07) is 21.9. The molecule has 4 aromatic rings. The van der Waals surface area contributed by atoms with E-state index in [-0.39, 0.29) is 0 Å². The first-order chi connectivity index (χ1) is 19.7. The number of hydrogen-bond donors (Lipinski definition) is 2. The summed E-state index contributed by atoms with van der Waals surface area (Å²) in [5.41, 5.74) is 19.6. The molecule has 0 spiro atoms. The summed E-state index contributed by atoms with van der Waals surface area (Å²) in [5.74, 6) is 3.35. The van der Waals surface area contributed by atoms with Crippen molar-refractivity contribution in [2.24, 2.45) is 5.73 Å². The van der Waals surface area contributed by atoms with Crippen LogP contribution in [0.15, 0.2) is 77.3 Å². The quantitative estimate of drug-likeness (QED) is 0.122. The number of nitrogens with zero attached hydrogens (tertiary/aromatic N) is 2. The van der Waals surface area contributed by atoms with Crippen molar-refractivity contribution < 1.29 is 9.15 Å². The highest BCUT2D eigenvalue weighted by Gasteiger charge is 2.19. The number of furan rings is 1. The second kappa shape index (κ2) is 14.5. The Morgan fingerprint density at radius 2 is 1.88 bits per heavy atom. The molecule has 0 aliphatic rings. The smallest absolute Gasteiger partial charge is 0.138 e. The predicted molar refractivity (Wildman–Crippen MR) is 183 cm³/mol. The highest BCUT2D eigenvalue weighted by molar-refractivity contribution is 7.98. The van der Waals surface area contributed by atoms with Crippen molar-refractivity contribution in [2.75, 3.05) is 29.0 Å². The van der Waals surface area contributed by atoms with Gasteiger partial charge in [0.1, 0.15) is 23.9 Å². The number of halogens is 1. The molecule has 0 amide bonds. The SMILES string of the molecule is CSCCN(P)Cc1ccc(-c2ccc(N)c(/C(=C\N)N(P)c3ccc(OCc4cccc(C)c4)c(Cl)c3C)c2)o1. The van der Waals surface area contributed by atoms with Crippen LogP contribution in [0.25, 0.3) is 17.0 Å². The molecule has 4 N–H and O–H groups in total. The van der Waals surface area contributed by atoms with Gasteiger partial charge in [-0.05, 0) is 83.1 Å². The first kappa shape index (κ1) is 31.3. The maximum atomic E-state index is 6.78. The third-order valence-electron chi connectivity index (χ3n) is 6.69. The Balaban J connectivity index is 1.55. The van der Waals surface area contributed by atoms with Crippen molar-refractivity contribution >= 4 is 59.2 Å². The minimum Gasteiger partial charge on any atom is -0.487 e. The van der Waals surface area contributed by atoms with Gasteiger partial charge in [-0.3, -0.25) is 4.67 Å². The van der Waals surface area contributed by atoms with Crippen molar-refractivity contribution in [1.29, 1.82) is 0 Å². The zero-order valence-corrected chi connectivity index (χ0v) is 27.4. The second-order valence-corrected chi connectivity index (χ2v) is 12.4. The lowest BCUT2D eigenvalue weighted by Crippen LogP contribution is -2.13. The molecule has 1 heterocycles. The molecule has 0 aliphatic heterocycles. The molecule has 0 radical (unpaired) electrons. The maximum Gasteiger partial charge on any atom is 0.138 e. The number of anilines is 2. The van der Waals surface area contributed by atoms with Crippen LogP contribution in [0.3, 0.4) is 0 Å². The molecule has 2 unspecified atom stereocenters. The average Bonchev–Trinajstić information content (AvgIpc) is 3.42. The molecule has 1 aromatic heterocycles. The van der Waals surface area contributed by atoms with Crippen molar-refractivity contribution in [3.8, 4) is 17.1 Å². The highest BCUT2D eigenvalue weighted by atomic mass is 35.5. The Kier molecular flexibility index (Phi) is 11.1. The van der Waals surface area contributed by atoms with E-state index in [4.69, 9.17) is 32.2 Å². The van der Waals surface area contributed by atoms with Gasteiger partial charge in [-0.2, -0.15) is 11.8 Å². The van der Waals surface area contributed by atoms with Crippen LogP contribution in [0.4, 0.5) is 11.4 Å². The van der Waals surface area contributed by atoms with Crippen molar-refractivity contribution in [1.82, 2.24) is 4.67 Å². The zero-order chi connectivity index (χ0) is 29.5. The maximum absolute atomic E-state index is 6.78. The second-order valence-electron chi connectivity index (χ2n) is 9.75. The number of aryl methyl sites for hydroxylation is 1. The third kappa shape index (κ3) is 7.80. The minimum absolute atomic E-state index is 0.434. The van der Waals surface area contributed by atoms with E-state index in [1.165, 1.54) is 5.56 Å². The summed E-state index contributed by atoms with van der Waals surface area (Å²) >= 11 is 8.60. The van der Waals surface area contributed by atoms with E-state index in [1.54, 1.807) is 6.20 Å². The van der Waals surface area contributed by atoms with Crippen LogP contribution >= 0.6 is 42.1 Å². The van der Waals surface area contributed by atoms with Crippen LogP contribution < -0.4 is 20.9 Å². The largest absolute Gasteiger partial charge is 0.487 e. The molecule has 6 nitrogen and oxygen atoms in total. The predicted octanol–water partition coefficient (Wildman–Crippen LogP) is 7.89. The van der Waals surface area contributed by atoms with E-state index in [9.17, 15) is 0 Å². The fourth-order valence-electron chi connectivity index (χ4n) is 4.45. The Morgan fingerprint density at radius 1 is 1.07 bits per heavy atom. The Bertz CT molecular complexity index is 1530. The summed E-state index contributed by atoms with van der Waals surface area (Å²) < 4.78 is 16.3. The Morgan fingerprint density at radius 3 is 2.61 bits per heavy atom. The standard InChI is InChI=1S/C31H37ClN4O2P2S/c1-20-5-4-6-22(15-20)19-37-30-12-10-27(21(2)31(30)32)36(40)28(17-33)25-16-23(7-9-26(25)34)29-11-8-24(38-29)18-35(39)13-14-41-3/h4-12,15-17H,13-14,18-19,33-34,39-40H2,1-3H3/b28-17+. The van der Waals surface area contributed by atoms with E-state index < -0.39 is 0 Å². The number of thioether (sulfide) groups is 1. The lowest BCUT2D eigenvalue weighted by molar-refractivity contribution is 0.306. The molecule has 10 heteroatoms. The van der Waals surface area contributed by atoms with E-state index in [2.05, 4.69) is 48.8 Å². The summed E-state index contributed by atoms with van der Waals surface area (Å²) in [6.45, 7) is 6.13. The number of ether oxygens (including phenoxy) is 1. The van der Waals surface area contributed by atoms with Crippen molar-refractivity contribution in [3.63, 3.8) is 0 Å². The molecule has 0 fully saturated rings. The van der Waals surface area contributed by atoms with Gasteiger partial charge in [0.05, 0.1) is 17.3 Å². The summed E-state index contributed by atoms with van der Waals surface area (Å²) in [7, 11) is 5.50. The van der Waals surface area contributed by atoms with Gasteiger partial charge in [0, 0.05) is 41.0 Å². The van der Waals surface area contributed by atoms with Crippen LogP contribution in [0.5, 0.6) is 5.75 Å². The monoisotopic (exact) mass is 626 g/mol. The first-order valence-electron chi connectivity index (χ1n) is 13.1. The summed E-state index contributed by atoms with van der Waals surface area (Å²) in [4.78, 5) is 0. The average molecular weight is 627 g/mol. The fourth-order valence-corrected chi connectivity index (χ4v) is 6.08. The molecule has 0 saturated carbocycles. The van der Waals surface area contributed by atoms with Crippen molar-refractivity contribution in [2.45, 2.75) is 27.0 Å². The van der Waals surface area contributed by atoms with Gasteiger partial charge in [0.15, 0.2) is 0 Å². The number of benzene rings is 3. The van der Waals surface area contributed by atoms with Gasteiger partial charge in [0.25, 0.3) is 0 Å². The number of rotatable bonds is 12. The Hall–Kier alpha value is -2.66. The Labute approximate surface area is 257 Å². The lowest BCUT2D eigenvalue weighted by Gasteiger charge is -2.26. The molecule has 216 valence electrons. The minimum atomic E-state index is 0.434. The zero-order valence-electron chi connectivity index (χ0n) is 23.6. The van der Waals surface area contributed by atoms with E-state index >= 15 is 0 Å². The number of nitrogen functional groups attached to an aromatic ring is 1. The fraction of sp³-hybridized carbons (Fsp3) is 0.226. The molecule has 0 saturated heterocycles. The van der Waals surface area contributed by atoms with Crippen LogP contribution in [-0.2, 0) is 13.2 Å². The van der Waals surface area contributed by atoms with Crippen LogP contribution in [0.2, 0.25) is 5.02 Å². The van der Waals surface area contributed by atoms with Gasteiger partial charge in [0.2, 0.25) is 0 Å². The number of nitrogens with two attached hydrogens (primary N) is 2. The van der Waals surface area contributed by atoms with Crippen molar-refractivity contribution in [3.05, 3.63) is 106 Å². The molecular formula is C31H37ClN4O2P2S. The molecule has 3 aromatic carbocycles.